The molecule has 4 rings (SSSR count). The lowest BCUT2D eigenvalue weighted by Gasteiger charge is -2.41. The van der Waals surface area contributed by atoms with Crippen LogP contribution in [0.15, 0.2) is 27.4 Å². The number of aliphatic hydroxyl groups is 1. The van der Waals surface area contributed by atoms with E-state index in [1.54, 1.807) is 7.05 Å². The number of fused-ring (bicyclic) bond motifs is 2. The molecular formula is C21H26N2O5. The normalized spacial score (nSPS) is 41.2. The Labute approximate surface area is 163 Å². The number of rotatable bonds is 0. The Bertz CT molecular complexity index is 1060. The second-order valence-electron chi connectivity index (χ2n) is 8.63. The van der Waals surface area contributed by atoms with E-state index >= 15 is 0 Å². The zero-order valence-corrected chi connectivity index (χ0v) is 17.1. The van der Waals surface area contributed by atoms with Gasteiger partial charge in [-0.15, -0.1) is 0 Å². The van der Waals surface area contributed by atoms with Gasteiger partial charge in [-0.25, -0.2) is 4.79 Å². The molecule has 2 fully saturated rings. The van der Waals surface area contributed by atoms with Gasteiger partial charge in [-0.2, -0.15) is 0 Å². The minimum Gasteiger partial charge on any atom is -0.373 e. The molecule has 7 heteroatoms. The molecule has 2 heterocycles. The third-order valence-electron chi connectivity index (χ3n) is 6.76. The fourth-order valence-corrected chi connectivity index (χ4v) is 4.63. The molecule has 28 heavy (non-hydrogen) atoms. The molecule has 1 spiro atoms. The number of ether oxygens (including phenoxy) is 2. The van der Waals surface area contributed by atoms with Crippen molar-refractivity contribution in [2.45, 2.75) is 57.7 Å². The monoisotopic (exact) mass is 386 g/mol. The fourth-order valence-electron chi connectivity index (χ4n) is 4.63. The standard InChI is InChI=1S/C21H26N2O5/c1-12-9-21(27-13(2)14(3)28-21)16-10-19(16,4)20(12,26)8-7-15-11-22(5)18(25)23(6)17(15)24/h9,11,13-14,16,26H,10H2,1-6H3. The molecule has 1 saturated heterocycles. The molecule has 5 unspecified atom stereocenters. The molecule has 7 nitrogen and oxygen atoms in total. The first kappa shape index (κ1) is 19.2. The number of aromatic nitrogens is 2. The number of hydrogen-bond donors (Lipinski definition) is 1. The molecule has 1 aliphatic heterocycles. The maximum atomic E-state index is 12.4. The predicted octanol–water partition coefficient (Wildman–Crippen LogP) is 0.673. The van der Waals surface area contributed by atoms with Crippen LogP contribution in [0.4, 0.5) is 0 Å². The topological polar surface area (TPSA) is 82.7 Å². The molecule has 0 aromatic carbocycles. The first-order valence-electron chi connectivity index (χ1n) is 9.53. The van der Waals surface area contributed by atoms with Crippen molar-refractivity contribution in [1.29, 1.82) is 0 Å². The Hall–Kier alpha value is -2.14. The van der Waals surface area contributed by atoms with Crippen molar-refractivity contribution in [2.75, 3.05) is 0 Å². The van der Waals surface area contributed by atoms with Gasteiger partial charge in [0.05, 0.1) is 12.2 Å². The van der Waals surface area contributed by atoms with Gasteiger partial charge in [-0.3, -0.25) is 9.36 Å². The third-order valence-corrected chi connectivity index (χ3v) is 6.76. The van der Waals surface area contributed by atoms with Crippen LogP contribution >= 0.6 is 0 Å². The van der Waals surface area contributed by atoms with Gasteiger partial charge in [0.1, 0.15) is 5.56 Å². The van der Waals surface area contributed by atoms with Crippen LogP contribution in [0.2, 0.25) is 0 Å². The average Bonchev–Trinajstić information content (AvgIpc) is 3.27. The maximum Gasteiger partial charge on any atom is 0.330 e. The summed E-state index contributed by atoms with van der Waals surface area (Å²) < 4.78 is 14.6. The first-order valence-corrected chi connectivity index (χ1v) is 9.53. The molecule has 0 amide bonds. The smallest absolute Gasteiger partial charge is 0.330 e. The van der Waals surface area contributed by atoms with Gasteiger partial charge in [0.2, 0.25) is 0 Å². The summed E-state index contributed by atoms with van der Waals surface area (Å²) in [6.07, 6.45) is 3.90. The molecule has 1 N–H and O–H groups in total. The molecule has 1 saturated carbocycles. The van der Waals surface area contributed by atoms with Gasteiger partial charge in [0, 0.05) is 31.6 Å². The lowest BCUT2D eigenvalue weighted by atomic mass is 9.73. The summed E-state index contributed by atoms with van der Waals surface area (Å²) >= 11 is 0. The van der Waals surface area contributed by atoms with E-state index in [0.717, 1.165) is 4.57 Å². The van der Waals surface area contributed by atoms with Crippen molar-refractivity contribution < 1.29 is 14.6 Å². The second-order valence-corrected chi connectivity index (χ2v) is 8.63. The van der Waals surface area contributed by atoms with Gasteiger partial charge in [0.15, 0.2) is 11.4 Å². The Morgan fingerprint density at radius 1 is 1.21 bits per heavy atom. The molecule has 3 aliphatic rings. The van der Waals surface area contributed by atoms with E-state index in [2.05, 4.69) is 11.8 Å². The van der Waals surface area contributed by atoms with Gasteiger partial charge >= 0.3 is 5.69 Å². The molecular weight excluding hydrogens is 360 g/mol. The summed E-state index contributed by atoms with van der Waals surface area (Å²) in [5, 5.41) is 11.5. The van der Waals surface area contributed by atoms with Gasteiger partial charge in [0.25, 0.3) is 5.56 Å². The summed E-state index contributed by atoms with van der Waals surface area (Å²) in [6, 6.07) is 0. The van der Waals surface area contributed by atoms with Crippen LogP contribution in [-0.2, 0) is 23.6 Å². The van der Waals surface area contributed by atoms with Crippen molar-refractivity contribution in [2.24, 2.45) is 25.4 Å². The minimum absolute atomic E-state index is 0.0154. The first-order chi connectivity index (χ1) is 12.9. The molecule has 1 aromatic rings. The lowest BCUT2D eigenvalue weighted by Crippen LogP contribution is -2.49. The molecule has 150 valence electrons. The highest BCUT2D eigenvalue weighted by Crippen LogP contribution is 2.70. The highest BCUT2D eigenvalue weighted by Gasteiger charge is 2.75. The van der Waals surface area contributed by atoms with Crippen LogP contribution in [0.5, 0.6) is 0 Å². The van der Waals surface area contributed by atoms with Crippen LogP contribution in [-0.4, -0.2) is 37.8 Å². The van der Waals surface area contributed by atoms with Crippen LogP contribution in [0, 0.1) is 23.2 Å². The van der Waals surface area contributed by atoms with E-state index in [9.17, 15) is 14.7 Å². The summed E-state index contributed by atoms with van der Waals surface area (Å²) in [5.41, 5.74) is -2.01. The zero-order valence-electron chi connectivity index (χ0n) is 17.1. The Balaban J connectivity index is 1.78. The molecule has 0 radical (unpaired) electrons. The summed E-state index contributed by atoms with van der Waals surface area (Å²) in [5.74, 6) is 4.93. The molecule has 5 atom stereocenters. The van der Waals surface area contributed by atoms with Crippen molar-refractivity contribution in [1.82, 2.24) is 9.13 Å². The summed E-state index contributed by atoms with van der Waals surface area (Å²) in [6.45, 7) is 7.76. The predicted molar refractivity (Wildman–Crippen MR) is 103 cm³/mol. The van der Waals surface area contributed by atoms with Gasteiger partial charge in [-0.1, -0.05) is 18.8 Å². The van der Waals surface area contributed by atoms with Crippen LogP contribution in [0.25, 0.3) is 0 Å². The molecule has 0 bridgehead atoms. The van der Waals surface area contributed by atoms with E-state index in [0.29, 0.717) is 12.0 Å². The highest BCUT2D eigenvalue weighted by atomic mass is 16.8. The van der Waals surface area contributed by atoms with E-state index < -0.39 is 28.1 Å². The summed E-state index contributed by atoms with van der Waals surface area (Å²) in [4.78, 5) is 24.2. The highest BCUT2D eigenvalue weighted by molar-refractivity contribution is 5.47. The van der Waals surface area contributed by atoms with E-state index in [1.807, 2.05) is 33.8 Å². The minimum atomic E-state index is -1.40. The third kappa shape index (κ3) is 2.35. The van der Waals surface area contributed by atoms with Crippen molar-refractivity contribution in [3.05, 3.63) is 44.2 Å². The lowest BCUT2D eigenvalue weighted by molar-refractivity contribution is -0.171. The fraction of sp³-hybridized carbons (Fsp3) is 0.619. The molecule has 2 aliphatic carbocycles. The van der Waals surface area contributed by atoms with E-state index in [-0.39, 0.29) is 23.7 Å². The largest absolute Gasteiger partial charge is 0.373 e. The Morgan fingerprint density at radius 2 is 1.82 bits per heavy atom. The SMILES string of the molecule is CC1=CC2(OC(C)C(C)O2)C2CC2(C)C1(O)C#Cc1cn(C)c(=O)n(C)c1=O. The molecule has 1 aromatic heterocycles. The zero-order chi connectivity index (χ0) is 20.6. The quantitative estimate of drug-likeness (QED) is 0.524. The van der Waals surface area contributed by atoms with Crippen molar-refractivity contribution in [3.8, 4) is 11.8 Å². The average molecular weight is 386 g/mol. The van der Waals surface area contributed by atoms with Crippen LogP contribution in [0.3, 0.4) is 0 Å². The second kappa shape index (κ2) is 5.69. The summed E-state index contributed by atoms with van der Waals surface area (Å²) in [7, 11) is 2.97. The van der Waals surface area contributed by atoms with Crippen molar-refractivity contribution in [3.63, 3.8) is 0 Å². The van der Waals surface area contributed by atoms with Crippen molar-refractivity contribution >= 4 is 0 Å². The van der Waals surface area contributed by atoms with Crippen LogP contribution < -0.4 is 11.2 Å². The van der Waals surface area contributed by atoms with E-state index in [4.69, 9.17) is 9.47 Å². The van der Waals surface area contributed by atoms with Gasteiger partial charge < -0.3 is 19.1 Å². The van der Waals surface area contributed by atoms with E-state index in [1.165, 1.54) is 17.8 Å². The van der Waals surface area contributed by atoms with Crippen LogP contribution in [0.1, 0.15) is 39.7 Å². The number of aryl methyl sites for hydroxylation is 1. The number of nitrogens with zero attached hydrogens (tertiary/aromatic N) is 2. The maximum absolute atomic E-state index is 12.4. The Kier molecular flexibility index (Phi) is 3.90. The number of hydrogen-bond acceptors (Lipinski definition) is 5. The van der Waals surface area contributed by atoms with Gasteiger partial charge in [-0.05, 0) is 38.8 Å². The Morgan fingerprint density at radius 3 is 2.43 bits per heavy atom.